The molecule has 0 aliphatic carbocycles. The molecule has 0 fully saturated rings. The van der Waals surface area contributed by atoms with Crippen LogP contribution in [0.3, 0.4) is 0 Å². The number of nitrogen functional groups attached to an aromatic ring is 2. The van der Waals surface area contributed by atoms with Gasteiger partial charge in [0.2, 0.25) is 0 Å². The number of carbonyl (C=O) groups excluding carboxylic acids is 2. The van der Waals surface area contributed by atoms with Gasteiger partial charge in [-0.25, -0.2) is 9.59 Å². The first-order chi connectivity index (χ1) is 25.0. The molecule has 0 spiro atoms. The minimum atomic E-state index is -1.32. The second kappa shape index (κ2) is 14.9. The molecule has 6 aromatic carbocycles. The van der Waals surface area contributed by atoms with Crippen LogP contribution in [-0.2, 0) is 0 Å². The van der Waals surface area contributed by atoms with Crippen molar-refractivity contribution in [2.45, 2.75) is 0 Å². The summed E-state index contributed by atoms with van der Waals surface area (Å²) in [4.78, 5) is 51.0. The summed E-state index contributed by atoms with van der Waals surface area (Å²) in [5.41, 5.74) is 13.3. The Labute approximate surface area is 296 Å². The van der Waals surface area contributed by atoms with Gasteiger partial charge in [-0.3, -0.25) is 9.59 Å². The zero-order valence-electron chi connectivity index (χ0n) is 27.2. The van der Waals surface area contributed by atoms with Gasteiger partial charge in [0.05, 0.1) is 22.3 Å². The third-order valence-corrected chi connectivity index (χ3v) is 7.78. The average Bonchev–Trinajstić information content (AvgIpc) is 3.14. The molecule has 6 aromatic rings. The third kappa shape index (κ3) is 8.15. The fourth-order valence-electron chi connectivity index (χ4n) is 5.15. The van der Waals surface area contributed by atoms with Crippen LogP contribution in [-0.4, -0.2) is 34.0 Å². The molecule has 258 valence electrons. The highest BCUT2D eigenvalue weighted by molar-refractivity contribution is 6.13. The molecule has 52 heavy (non-hydrogen) atoms. The lowest BCUT2D eigenvalue weighted by atomic mass is 9.95. The van der Waals surface area contributed by atoms with Crippen molar-refractivity contribution >= 4 is 46.5 Å². The van der Waals surface area contributed by atoms with E-state index in [9.17, 15) is 29.4 Å². The van der Waals surface area contributed by atoms with Crippen molar-refractivity contribution in [1.29, 1.82) is 0 Å². The lowest BCUT2D eigenvalue weighted by Gasteiger charge is -2.13. The van der Waals surface area contributed by atoms with E-state index < -0.39 is 23.8 Å². The zero-order valence-corrected chi connectivity index (χ0v) is 27.2. The second-order valence-corrected chi connectivity index (χ2v) is 11.4. The number of carboxylic acid groups (broad SMARTS) is 2. The lowest BCUT2D eigenvalue weighted by Crippen LogP contribution is -2.17. The van der Waals surface area contributed by atoms with Crippen molar-refractivity contribution in [3.8, 4) is 34.1 Å². The van der Waals surface area contributed by atoms with Crippen molar-refractivity contribution in [3.05, 3.63) is 156 Å². The van der Waals surface area contributed by atoms with Crippen molar-refractivity contribution in [2.75, 3.05) is 22.1 Å². The number of nitrogens with two attached hydrogens (primary N) is 2. The van der Waals surface area contributed by atoms with Crippen LogP contribution in [0.25, 0.3) is 11.1 Å². The molecular formula is C40H30N4O8. The Balaban J connectivity index is 1.21. The number of ether oxygens (including phenoxy) is 2. The number of carboxylic acids is 2. The van der Waals surface area contributed by atoms with Crippen molar-refractivity contribution < 1.29 is 38.9 Å². The molecule has 12 heteroatoms. The van der Waals surface area contributed by atoms with Crippen LogP contribution in [0.1, 0.15) is 41.4 Å². The molecule has 6 rings (SSSR count). The van der Waals surface area contributed by atoms with E-state index in [1.54, 1.807) is 97.1 Å². The summed E-state index contributed by atoms with van der Waals surface area (Å²) in [6.07, 6.45) is 0. The van der Waals surface area contributed by atoms with E-state index in [1.807, 2.05) is 0 Å². The van der Waals surface area contributed by atoms with E-state index in [2.05, 4.69) is 10.6 Å². The van der Waals surface area contributed by atoms with Gasteiger partial charge < -0.3 is 41.8 Å². The topological polar surface area (TPSA) is 203 Å². The highest BCUT2D eigenvalue weighted by atomic mass is 16.5. The Bertz CT molecular complexity index is 2120. The molecule has 0 heterocycles. The zero-order chi connectivity index (χ0) is 36.8. The molecule has 2 amide bonds. The van der Waals surface area contributed by atoms with Gasteiger partial charge in [0.1, 0.15) is 23.0 Å². The Kier molecular flexibility index (Phi) is 9.81. The van der Waals surface area contributed by atoms with Crippen LogP contribution in [0.2, 0.25) is 0 Å². The van der Waals surface area contributed by atoms with Gasteiger partial charge in [0.15, 0.2) is 0 Å². The van der Waals surface area contributed by atoms with Crippen molar-refractivity contribution in [3.63, 3.8) is 0 Å². The minimum absolute atomic E-state index is 0.151. The maximum atomic E-state index is 13.4. The first-order valence-corrected chi connectivity index (χ1v) is 15.7. The molecule has 12 nitrogen and oxygen atoms in total. The summed E-state index contributed by atoms with van der Waals surface area (Å²) in [6, 6.07) is 34.9. The molecule has 8 N–H and O–H groups in total. The quantitative estimate of drug-likeness (QED) is 0.0721. The Morgan fingerprint density at radius 3 is 1.04 bits per heavy atom. The van der Waals surface area contributed by atoms with Crippen LogP contribution in [0, 0.1) is 0 Å². The molecule has 0 unspecified atom stereocenters. The fraction of sp³-hybridized carbons (Fsp3) is 0. The first kappa shape index (κ1) is 34.3. The number of amides is 2. The molecule has 0 aliphatic heterocycles. The predicted molar refractivity (Wildman–Crippen MR) is 196 cm³/mol. The number of benzene rings is 6. The SMILES string of the molecule is Nc1ccc(Oc2ccc(NC(=O)c3cc(-c4ccc(C(=O)O)c(C(=O)Nc5ccc(Oc6ccc(N)cc6)cc5)c4)ccc3C(=O)O)cc2)cc1. The third-order valence-electron chi connectivity index (χ3n) is 7.78. The van der Waals surface area contributed by atoms with E-state index >= 15 is 0 Å². The minimum Gasteiger partial charge on any atom is -0.478 e. The van der Waals surface area contributed by atoms with Gasteiger partial charge in [-0.1, -0.05) is 12.1 Å². The van der Waals surface area contributed by atoms with Crippen LogP contribution in [0.15, 0.2) is 133 Å². The van der Waals surface area contributed by atoms with Gasteiger partial charge in [0.25, 0.3) is 11.8 Å². The molecule has 0 aliphatic rings. The molecule has 0 saturated heterocycles. The highest BCUT2D eigenvalue weighted by Crippen LogP contribution is 2.29. The maximum Gasteiger partial charge on any atom is 0.336 e. The second-order valence-electron chi connectivity index (χ2n) is 11.4. The maximum absolute atomic E-state index is 13.4. The summed E-state index contributed by atoms with van der Waals surface area (Å²) in [7, 11) is 0. The largest absolute Gasteiger partial charge is 0.478 e. The van der Waals surface area contributed by atoms with Gasteiger partial charge in [-0.05, 0) is 132 Å². The van der Waals surface area contributed by atoms with E-state index in [0.717, 1.165) is 0 Å². The summed E-state index contributed by atoms with van der Waals surface area (Å²) in [5.74, 6) is -1.90. The van der Waals surface area contributed by atoms with Crippen LogP contribution in [0.5, 0.6) is 23.0 Å². The van der Waals surface area contributed by atoms with Gasteiger partial charge in [-0.2, -0.15) is 0 Å². The number of hydrogen-bond acceptors (Lipinski definition) is 8. The van der Waals surface area contributed by atoms with Crippen molar-refractivity contribution in [1.82, 2.24) is 0 Å². The van der Waals surface area contributed by atoms with Crippen LogP contribution in [0.4, 0.5) is 22.7 Å². The molecule has 0 atom stereocenters. The van der Waals surface area contributed by atoms with Gasteiger partial charge in [-0.15, -0.1) is 0 Å². The monoisotopic (exact) mass is 694 g/mol. The number of nitrogens with one attached hydrogen (secondary N) is 2. The smallest absolute Gasteiger partial charge is 0.336 e. The first-order valence-electron chi connectivity index (χ1n) is 15.7. The van der Waals surface area contributed by atoms with Crippen LogP contribution >= 0.6 is 0 Å². The normalized spacial score (nSPS) is 10.5. The number of carbonyl (C=O) groups is 4. The van der Waals surface area contributed by atoms with Gasteiger partial charge >= 0.3 is 11.9 Å². The lowest BCUT2D eigenvalue weighted by molar-refractivity contribution is 0.0683. The number of aromatic carboxylic acids is 2. The number of rotatable bonds is 11. The summed E-state index contributed by atoms with van der Waals surface area (Å²) >= 11 is 0. The highest BCUT2D eigenvalue weighted by Gasteiger charge is 2.21. The van der Waals surface area contributed by atoms with E-state index in [4.69, 9.17) is 20.9 Å². The Hall–Kier alpha value is -7.60. The summed E-state index contributed by atoms with van der Waals surface area (Å²) in [5, 5.41) is 25.1. The molecule has 0 saturated carbocycles. The molecular weight excluding hydrogens is 664 g/mol. The van der Waals surface area contributed by atoms with Crippen molar-refractivity contribution in [2.24, 2.45) is 0 Å². The fourth-order valence-corrected chi connectivity index (χ4v) is 5.15. The Morgan fingerprint density at radius 1 is 0.423 bits per heavy atom. The number of anilines is 4. The summed E-state index contributed by atoms with van der Waals surface area (Å²) in [6.45, 7) is 0. The van der Waals surface area contributed by atoms with E-state index in [1.165, 1.54) is 36.4 Å². The standard InChI is InChI=1S/C40H30N4O8/c41-25-3-11-29(12-4-25)51-31-15-7-27(8-16-31)43-37(45)35-21-23(1-19-33(35)39(47)48)24-2-20-34(40(49)50)36(22-24)38(46)44-28-9-17-32(18-10-28)52-30-13-5-26(42)6-14-30/h1-22H,41-42H2,(H,43,45)(H,44,46)(H,47,48)(H,49,50). The number of hydrogen-bond donors (Lipinski definition) is 6. The Morgan fingerprint density at radius 2 is 0.731 bits per heavy atom. The van der Waals surface area contributed by atoms with E-state index in [0.29, 0.717) is 56.9 Å². The molecule has 0 aromatic heterocycles. The average molecular weight is 695 g/mol. The van der Waals surface area contributed by atoms with Crippen LogP contribution < -0.4 is 31.6 Å². The summed E-state index contributed by atoms with van der Waals surface area (Å²) < 4.78 is 11.6. The molecule has 0 bridgehead atoms. The molecule has 0 radical (unpaired) electrons. The van der Waals surface area contributed by atoms with Gasteiger partial charge in [0, 0.05) is 22.7 Å². The predicted octanol–water partition coefficient (Wildman–Crippen LogP) is 8.00. The van der Waals surface area contributed by atoms with E-state index in [-0.39, 0.29) is 22.3 Å².